The quantitative estimate of drug-likeness (QED) is 0.435. The van der Waals surface area contributed by atoms with Crippen molar-refractivity contribution in [3.63, 3.8) is 0 Å². The van der Waals surface area contributed by atoms with Gasteiger partial charge in [0.1, 0.15) is 11.9 Å². The average Bonchev–Trinajstić information content (AvgIpc) is 3.32. The molecule has 0 saturated heterocycles. The van der Waals surface area contributed by atoms with E-state index >= 15 is 0 Å². The number of hydrogen-bond acceptors (Lipinski definition) is 8. The van der Waals surface area contributed by atoms with Gasteiger partial charge in [0.2, 0.25) is 5.75 Å². The Kier molecular flexibility index (Phi) is 7.75. The van der Waals surface area contributed by atoms with Crippen molar-refractivity contribution in [2.75, 3.05) is 33.8 Å². The Morgan fingerprint density at radius 3 is 2.18 bits per heavy atom. The molecule has 2 aromatic carbocycles. The standard InChI is InChI=1S/C23H27N3O6S/c1-12(27)20(24)23(28)26-16-8-13(6-7-17(16)29-2)15-11-25-33-22(15)14-9-18(30-3)21(32-5)19(10-14)31-4/h6-12,20,27H,24H2,1-5H3,(H,26,28)/p+1/t12?,20-/m1/s1. The van der Waals surface area contributed by atoms with Gasteiger partial charge in [-0.3, -0.25) is 4.79 Å². The summed E-state index contributed by atoms with van der Waals surface area (Å²) in [6.07, 6.45) is 0.878. The molecule has 0 saturated carbocycles. The molecule has 0 aliphatic heterocycles. The van der Waals surface area contributed by atoms with Crippen LogP contribution in [0, 0.1) is 0 Å². The summed E-state index contributed by atoms with van der Waals surface area (Å²) in [5.41, 5.74) is 6.70. The van der Waals surface area contributed by atoms with Crippen molar-refractivity contribution < 1.29 is 34.6 Å². The third-order valence-corrected chi connectivity index (χ3v) is 6.03. The summed E-state index contributed by atoms with van der Waals surface area (Å²) < 4.78 is 26.2. The zero-order chi connectivity index (χ0) is 24.1. The first-order chi connectivity index (χ1) is 15.8. The Morgan fingerprint density at radius 2 is 1.64 bits per heavy atom. The molecule has 0 radical (unpaired) electrons. The first kappa shape index (κ1) is 24.3. The maximum absolute atomic E-state index is 12.5. The van der Waals surface area contributed by atoms with Gasteiger partial charge in [0.25, 0.3) is 5.91 Å². The van der Waals surface area contributed by atoms with Crippen molar-refractivity contribution in [1.29, 1.82) is 0 Å². The lowest BCUT2D eigenvalue weighted by Crippen LogP contribution is -2.70. The maximum Gasteiger partial charge on any atom is 0.285 e. The highest BCUT2D eigenvalue weighted by atomic mass is 32.1. The molecule has 1 amide bonds. The zero-order valence-corrected chi connectivity index (χ0v) is 20.0. The molecule has 1 aromatic heterocycles. The summed E-state index contributed by atoms with van der Waals surface area (Å²) in [5, 5.41) is 12.5. The number of nitrogens with zero attached hydrogens (tertiary/aromatic N) is 1. The number of amides is 1. The summed E-state index contributed by atoms with van der Waals surface area (Å²) in [5.74, 6) is 1.66. The Balaban J connectivity index is 2.06. The van der Waals surface area contributed by atoms with Gasteiger partial charge >= 0.3 is 0 Å². The molecule has 1 heterocycles. The van der Waals surface area contributed by atoms with Crippen LogP contribution >= 0.6 is 11.5 Å². The highest BCUT2D eigenvalue weighted by Crippen LogP contribution is 2.45. The van der Waals surface area contributed by atoms with Crippen molar-refractivity contribution >= 4 is 23.1 Å². The number of hydrogen-bond donors (Lipinski definition) is 3. The van der Waals surface area contributed by atoms with E-state index in [1.54, 1.807) is 39.7 Å². The molecular weight excluding hydrogens is 446 g/mol. The second-order valence-electron chi connectivity index (χ2n) is 7.23. The van der Waals surface area contributed by atoms with Crippen LogP contribution in [0.1, 0.15) is 6.92 Å². The Labute approximate surface area is 196 Å². The Morgan fingerprint density at radius 1 is 1.00 bits per heavy atom. The molecule has 5 N–H and O–H groups in total. The van der Waals surface area contributed by atoms with Gasteiger partial charge in [0.05, 0.1) is 39.0 Å². The van der Waals surface area contributed by atoms with Gasteiger partial charge < -0.3 is 35.1 Å². The number of carbonyl (C=O) groups excluding carboxylic acids is 1. The molecule has 3 rings (SSSR count). The number of carbonyl (C=O) groups is 1. The van der Waals surface area contributed by atoms with Crippen LogP contribution in [0.5, 0.6) is 23.0 Å². The first-order valence-corrected chi connectivity index (χ1v) is 10.9. The number of ether oxygens (including phenoxy) is 4. The van der Waals surface area contributed by atoms with Crippen LogP contribution in [0.2, 0.25) is 0 Å². The summed E-state index contributed by atoms with van der Waals surface area (Å²) in [4.78, 5) is 13.4. The van der Waals surface area contributed by atoms with E-state index in [4.69, 9.17) is 18.9 Å². The molecule has 0 fully saturated rings. The van der Waals surface area contributed by atoms with Crippen LogP contribution in [0.15, 0.2) is 36.5 Å². The van der Waals surface area contributed by atoms with Crippen LogP contribution in [0.25, 0.3) is 21.6 Å². The van der Waals surface area contributed by atoms with Crippen molar-refractivity contribution in [3.05, 3.63) is 36.5 Å². The van der Waals surface area contributed by atoms with E-state index in [-0.39, 0.29) is 0 Å². The minimum Gasteiger partial charge on any atom is -0.495 e. The van der Waals surface area contributed by atoms with Crippen LogP contribution in [-0.2, 0) is 4.79 Å². The van der Waals surface area contributed by atoms with Crippen molar-refractivity contribution in [1.82, 2.24) is 4.37 Å². The van der Waals surface area contributed by atoms with Crippen LogP contribution < -0.4 is 30.0 Å². The van der Waals surface area contributed by atoms with E-state index in [0.717, 1.165) is 21.6 Å². The van der Waals surface area contributed by atoms with E-state index in [1.807, 2.05) is 18.2 Å². The Hall–Kier alpha value is -3.34. The van der Waals surface area contributed by atoms with Gasteiger partial charge in [-0.2, -0.15) is 4.37 Å². The SMILES string of the molecule is COc1ccc(-c2cnsc2-c2cc(OC)c(OC)c(OC)c2)cc1NC(=O)[C@H]([NH3+])C(C)O. The number of benzene rings is 2. The summed E-state index contributed by atoms with van der Waals surface area (Å²) in [7, 11) is 6.21. The predicted molar refractivity (Wildman–Crippen MR) is 126 cm³/mol. The number of aliphatic hydroxyl groups excluding tert-OH is 1. The average molecular weight is 475 g/mol. The van der Waals surface area contributed by atoms with Crippen LogP contribution in [-0.4, -0.2) is 56.0 Å². The van der Waals surface area contributed by atoms with Crippen molar-refractivity contribution in [2.45, 2.75) is 19.1 Å². The van der Waals surface area contributed by atoms with Gasteiger partial charge in [-0.15, -0.1) is 0 Å². The molecule has 3 aromatic rings. The normalized spacial score (nSPS) is 12.6. The lowest BCUT2D eigenvalue weighted by Gasteiger charge is -2.16. The minimum absolute atomic E-state index is 0.409. The fourth-order valence-corrected chi connectivity index (χ4v) is 4.04. The number of quaternary nitrogens is 1. The fraction of sp³-hybridized carbons (Fsp3) is 0.304. The topological polar surface area (TPSA) is 127 Å². The van der Waals surface area contributed by atoms with Crippen LogP contribution in [0.3, 0.4) is 0 Å². The first-order valence-electron chi connectivity index (χ1n) is 10.1. The van der Waals surface area contributed by atoms with Crippen LogP contribution in [0.4, 0.5) is 5.69 Å². The molecule has 10 heteroatoms. The van der Waals surface area contributed by atoms with E-state index in [1.165, 1.54) is 25.6 Å². The van der Waals surface area contributed by atoms with E-state index in [9.17, 15) is 9.90 Å². The highest BCUT2D eigenvalue weighted by molar-refractivity contribution is 7.10. The molecule has 0 spiro atoms. The molecule has 0 aliphatic carbocycles. The van der Waals surface area contributed by atoms with Gasteiger partial charge in [-0.05, 0) is 48.3 Å². The number of aliphatic hydroxyl groups is 1. The second-order valence-corrected chi connectivity index (χ2v) is 8.04. The molecule has 9 nitrogen and oxygen atoms in total. The van der Waals surface area contributed by atoms with E-state index in [0.29, 0.717) is 28.7 Å². The molecule has 33 heavy (non-hydrogen) atoms. The smallest absolute Gasteiger partial charge is 0.285 e. The van der Waals surface area contributed by atoms with Gasteiger partial charge in [0, 0.05) is 17.3 Å². The summed E-state index contributed by atoms with van der Waals surface area (Å²) in [6.45, 7) is 1.52. The zero-order valence-electron chi connectivity index (χ0n) is 19.2. The molecule has 176 valence electrons. The Bertz CT molecular complexity index is 1110. The molecule has 2 atom stereocenters. The number of rotatable bonds is 9. The van der Waals surface area contributed by atoms with Gasteiger partial charge in [0.15, 0.2) is 17.5 Å². The number of aromatic nitrogens is 1. The molecule has 0 bridgehead atoms. The predicted octanol–water partition coefficient (Wildman–Crippen LogP) is 2.44. The highest BCUT2D eigenvalue weighted by Gasteiger charge is 2.24. The third-order valence-electron chi connectivity index (χ3n) is 5.18. The number of nitrogens with one attached hydrogen (secondary N) is 1. The number of methoxy groups -OCH3 is 4. The van der Waals surface area contributed by atoms with Crippen molar-refractivity contribution in [3.8, 4) is 44.6 Å². The maximum atomic E-state index is 12.5. The summed E-state index contributed by atoms with van der Waals surface area (Å²) >= 11 is 1.32. The second kappa shape index (κ2) is 10.5. The monoisotopic (exact) mass is 474 g/mol. The number of anilines is 1. The lowest BCUT2D eigenvalue weighted by atomic mass is 10.0. The summed E-state index contributed by atoms with van der Waals surface area (Å²) in [6, 6.07) is 8.35. The lowest BCUT2D eigenvalue weighted by molar-refractivity contribution is -0.418. The molecular formula is C23H28N3O6S+. The third kappa shape index (κ3) is 5.03. The largest absolute Gasteiger partial charge is 0.495 e. The molecule has 1 unspecified atom stereocenters. The van der Waals surface area contributed by atoms with Crippen molar-refractivity contribution in [2.24, 2.45) is 0 Å². The van der Waals surface area contributed by atoms with E-state index < -0.39 is 18.1 Å². The van der Waals surface area contributed by atoms with Gasteiger partial charge in [-0.25, -0.2) is 0 Å². The van der Waals surface area contributed by atoms with Gasteiger partial charge in [-0.1, -0.05) is 6.07 Å². The fourth-order valence-electron chi connectivity index (χ4n) is 3.28. The minimum atomic E-state index is -0.883. The van der Waals surface area contributed by atoms with E-state index in [2.05, 4.69) is 15.4 Å². The molecule has 0 aliphatic rings.